The van der Waals surface area contributed by atoms with Crippen molar-refractivity contribution in [2.45, 2.75) is 18.9 Å². The van der Waals surface area contributed by atoms with E-state index in [0.29, 0.717) is 16.3 Å². The SMILES string of the molecule is Cc1cc(-c2nn(C)c(S(C)(=O)=O)c2C)ccc1Cl. The van der Waals surface area contributed by atoms with Crippen LogP contribution in [0.25, 0.3) is 11.3 Å². The number of aryl methyl sites for hydroxylation is 2. The molecule has 0 bridgehead atoms. The summed E-state index contributed by atoms with van der Waals surface area (Å²) in [4.78, 5) is 0. The molecule has 0 aliphatic carbocycles. The van der Waals surface area contributed by atoms with E-state index in [-0.39, 0.29) is 5.03 Å². The van der Waals surface area contributed by atoms with E-state index in [1.54, 1.807) is 20.0 Å². The lowest BCUT2D eigenvalue weighted by Gasteiger charge is -2.02. The Kier molecular flexibility index (Phi) is 3.45. The average Bonchev–Trinajstić information content (AvgIpc) is 2.57. The van der Waals surface area contributed by atoms with Crippen LogP contribution in [0, 0.1) is 13.8 Å². The normalized spacial score (nSPS) is 11.8. The summed E-state index contributed by atoms with van der Waals surface area (Å²) in [5, 5.41) is 5.24. The van der Waals surface area contributed by atoms with E-state index in [1.165, 1.54) is 10.9 Å². The van der Waals surface area contributed by atoms with Crippen LogP contribution in [0.1, 0.15) is 11.1 Å². The Hall–Kier alpha value is -1.33. The van der Waals surface area contributed by atoms with Crippen molar-refractivity contribution in [2.24, 2.45) is 7.05 Å². The highest BCUT2D eigenvalue weighted by Crippen LogP contribution is 2.29. The van der Waals surface area contributed by atoms with Crippen molar-refractivity contribution in [1.29, 1.82) is 0 Å². The summed E-state index contributed by atoms with van der Waals surface area (Å²) in [5.41, 5.74) is 3.13. The zero-order valence-corrected chi connectivity index (χ0v) is 12.8. The van der Waals surface area contributed by atoms with Crippen LogP contribution in [0.3, 0.4) is 0 Å². The summed E-state index contributed by atoms with van der Waals surface area (Å²) >= 11 is 6.00. The second-order valence-corrected chi connectivity index (χ2v) is 6.98. The number of hydrogen-bond donors (Lipinski definition) is 0. The van der Waals surface area contributed by atoms with E-state index in [1.807, 2.05) is 19.1 Å². The molecular weight excluding hydrogens is 284 g/mol. The van der Waals surface area contributed by atoms with Gasteiger partial charge in [0.1, 0.15) is 0 Å². The van der Waals surface area contributed by atoms with Gasteiger partial charge in [0.15, 0.2) is 14.9 Å². The fourth-order valence-electron chi connectivity index (χ4n) is 2.20. The quantitative estimate of drug-likeness (QED) is 0.856. The number of halogens is 1. The molecule has 19 heavy (non-hydrogen) atoms. The first-order valence-electron chi connectivity index (χ1n) is 5.72. The molecule has 1 heterocycles. The monoisotopic (exact) mass is 298 g/mol. The minimum absolute atomic E-state index is 0.245. The third kappa shape index (κ3) is 2.53. The van der Waals surface area contributed by atoms with E-state index in [2.05, 4.69) is 5.10 Å². The Morgan fingerprint density at radius 2 is 1.89 bits per heavy atom. The summed E-state index contributed by atoms with van der Waals surface area (Å²) in [7, 11) is -1.66. The zero-order chi connectivity index (χ0) is 14.4. The fourth-order valence-corrected chi connectivity index (χ4v) is 3.49. The number of hydrogen-bond acceptors (Lipinski definition) is 3. The minimum atomic E-state index is -3.30. The van der Waals surface area contributed by atoms with Crippen LogP contribution in [0.4, 0.5) is 0 Å². The van der Waals surface area contributed by atoms with Gasteiger partial charge >= 0.3 is 0 Å². The Bertz CT molecular complexity index is 748. The molecule has 102 valence electrons. The lowest BCUT2D eigenvalue weighted by atomic mass is 10.1. The summed E-state index contributed by atoms with van der Waals surface area (Å²) < 4.78 is 24.9. The van der Waals surface area contributed by atoms with Gasteiger partial charge < -0.3 is 0 Å². The minimum Gasteiger partial charge on any atom is -0.256 e. The van der Waals surface area contributed by atoms with E-state index < -0.39 is 9.84 Å². The van der Waals surface area contributed by atoms with Gasteiger partial charge in [-0.3, -0.25) is 4.68 Å². The van der Waals surface area contributed by atoms with Crippen LogP contribution in [-0.2, 0) is 16.9 Å². The van der Waals surface area contributed by atoms with E-state index in [9.17, 15) is 8.42 Å². The number of rotatable bonds is 2. The molecule has 0 amide bonds. The van der Waals surface area contributed by atoms with Gasteiger partial charge in [0.25, 0.3) is 0 Å². The lowest BCUT2D eigenvalue weighted by molar-refractivity contribution is 0.581. The number of benzene rings is 1. The van der Waals surface area contributed by atoms with Gasteiger partial charge in [0, 0.05) is 29.5 Å². The molecule has 0 saturated carbocycles. The molecule has 0 atom stereocenters. The molecule has 0 spiro atoms. The van der Waals surface area contributed by atoms with Crippen LogP contribution in [0.5, 0.6) is 0 Å². The predicted molar refractivity (Wildman–Crippen MR) is 76.2 cm³/mol. The molecule has 0 saturated heterocycles. The fraction of sp³-hybridized carbons (Fsp3) is 0.308. The third-order valence-corrected chi connectivity index (χ3v) is 4.70. The van der Waals surface area contributed by atoms with Gasteiger partial charge in [0.05, 0.1) is 5.69 Å². The standard InChI is InChI=1S/C13H15ClN2O2S/c1-8-7-10(5-6-11(8)14)12-9(2)13(16(3)15-12)19(4,17)18/h5-7H,1-4H3. The van der Waals surface area contributed by atoms with E-state index >= 15 is 0 Å². The van der Waals surface area contributed by atoms with Crippen LogP contribution in [0.2, 0.25) is 5.02 Å². The van der Waals surface area contributed by atoms with Crippen molar-refractivity contribution < 1.29 is 8.42 Å². The molecule has 2 rings (SSSR count). The van der Waals surface area contributed by atoms with Crippen molar-refractivity contribution >= 4 is 21.4 Å². The highest BCUT2D eigenvalue weighted by molar-refractivity contribution is 7.90. The maximum absolute atomic E-state index is 11.8. The van der Waals surface area contributed by atoms with Crippen molar-refractivity contribution in [3.63, 3.8) is 0 Å². The Balaban J connectivity index is 2.68. The molecule has 0 N–H and O–H groups in total. The lowest BCUT2D eigenvalue weighted by Crippen LogP contribution is -2.06. The molecular formula is C13H15ClN2O2S. The number of aromatic nitrogens is 2. The molecule has 0 radical (unpaired) electrons. The third-order valence-electron chi connectivity index (χ3n) is 3.00. The first kappa shape index (κ1) is 14.1. The van der Waals surface area contributed by atoms with Gasteiger partial charge in [0.2, 0.25) is 0 Å². The largest absolute Gasteiger partial charge is 0.256 e. The molecule has 1 aromatic carbocycles. The Morgan fingerprint density at radius 1 is 1.26 bits per heavy atom. The molecule has 4 nitrogen and oxygen atoms in total. The summed E-state index contributed by atoms with van der Waals surface area (Å²) in [5.74, 6) is 0. The highest BCUT2D eigenvalue weighted by Gasteiger charge is 2.21. The smallest absolute Gasteiger partial charge is 0.192 e. The predicted octanol–water partition coefficient (Wildman–Crippen LogP) is 2.76. The molecule has 6 heteroatoms. The second-order valence-electron chi connectivity index (χ2n) is 4.64. The zero-order valence-electron chi connectivity index (χ0n) is 11.2. The highest BCUT2D eigenvalue weighted by atomic mass is 35.5. The van der Waals surface area contributed by atoms with Crippen LogP contribution < -0.4 is 0 Å². The van der Waals surface area contributed by atoms with Crippen molar-refractivity contribution in [3.05, 3.63) is 34.3 Å². The van der Waals surface area contributed by atoms with Crippen LogP contribution in [-0.4, -0.2) is 24.5 Å². The maximum Gasteiger partial charge on any atom is 0.192 e. The van der Waals surface area contributed by atoms with Crippen molar-refractivity contribution in [3.8, 4) is 11.3 Å². The molecule has 0 aliphatic rings. The van der Waals surface area contributed by atoms with Gasteiger partial charge in [-0.15, -0.1) is 0 Å². The first-order valence-corrected chi connectivity index (χ1v) is 7.99. The van der Waals surface area contributed by atoms with Gasteiger partial charge in [-0.2, -0.15) is 5.10 Å². The van der Waals surface area contributed by atoms with Crippen molar-refractivity contribution in [2.75, 3.05) is 6.26 Å². The molecule has 0 fully saturated rings. The summed E-state index contributed by atoms with van der Waals surface area (Å²) in [6.45, 7) is 3.67. The molecule has 2 aromatic rings. The molecule has 1 aromatic heterocycles. The van der Waals surface area contributed by atoms with Crippen LogP contribution >= 0.6 is 11.6 Å². The van der Waals surface area contributed by atoms with Gasteiger partial charge in [-0.25, -0.2) is 8.42 Å². The van der Waals surface area contributed by atoms with Gasteiger partial charge in [-0.1, -0.05) is 17.7 Å². The first-order chi connectivity index (χ1) is 8.71. The molecule has 0 unspecified atom stereocenters. The second kappa shape index (κ2) is 4.65. The number of sulfone groups is 1. The van der Waals surface area contributed by atoms with E-state index in [4.69, 9.17) is 11.6 Å². The van der Waals surface area contributed by atoms with Crippen molar-refractivity contribution in [1.82, 2.24) is 9.78 Å². The Morgan fingerprint density at radius 3 is 2.37 bits per heavy atom. The summed E-state index contributed by atoms with van der Waals surface area (Å²) in [6.07, 6.45) is 1.19. The van der Waals surface area contributed by atoms with Gasteiger partial charge in [-0.05, 0) is 31.5 Å². The maximum atomic E-state index is 11.8. The molecule has 0 aliphatic heterocycles. The topological polar surface area (TPSA) is 52.0 Å². The summed E-state index contributed by atoms with van der Waals surface area (Å²) in [6, 6.07) is 5.54. The number of nitrogens with zero attached hydrogens (tertiary/aromatic N) is 2. The average molecular weight is 299 g/mol. The van der Waals surface area contributed by atoms with E-state index in [0.717, 1.165) is 11.1 Å². The van der Waals surface area contributed by atoms with Crippen LogP contribution in [0.15, 0.2) is 23.2 Å². The Labute approximate surface area is 117 Å².